The molecule has 0 N–H and O–H groups in total. The van der Waals surface area contributed by atoms with Gasteiger partial charge in [-0.15, -0.1) is 0 Å². The van der Waals surface area contributed by atoms with Crippen LogP contribution in [0, 0.1) is 11.6 Å². The van der Waals surface area contributed by atoms with Crippen molar-refractivity contribution in [3.63, 3.8) is 0 Å². The molecule has 0 radical (unpaired) electrons. The van der Waals surface area contributed by atoms with Gasteiger partial charge in [-0.25, -0.2) is 8.78 Å². The maximum absolute atomic E-state index is 14.9. The average Bonchev–Trinajstić information content (AvgIpc) is 2.70. The highest BCUT2D eigenvalue weighted by molar-refractivity contribution is 6.09. The Morgan fingerprint density at radius 1 is 1.00 bits per heavy atom. The largest absolute Gasteiger partial charge is 0.459 e. The van der Waals surface area contributed by atoms with Crippen LogP contribution in [0.1, 0.15) is 31.1 Å². The molecule has 2 aliphatic rings. The van der Waals surface area contributed by atoms with Gasteiger partial charge in [-0.2, -0.15) is 0 Å². The molecular formula is C25H21F2NO4. The minimum Gasteiger partial charge on any atom is -0.459 e. The van der Waals surface area contributed by atoms with E-state index in [4.69, 9.17) is 9.47 Å². The smallest absolute Gasteiger partial charge is 0.326 e. The highest BCUT2D eigenvalue weighted by Gasteiger charge is 2.30. The van der Waals surface area contributed by atoms with Crippen molar-refractivity contribution in [3.05, 3.63) is 77.9 Å². The van der Waals surface area contributed by atoms with E-state index in [1.54, 1.807) is 63.2 Å². The van der Waals surface area contributed by atoms with E-state index < -0.39 is 41.2 Å². The fourth-order valence-corrected chi connectivity index (χ4v) is 3.49. The summed E-state index contributed by atoms with van der Waals surface area (Å²) in [5, 5.41) is 0. The van der Waals surface area contributed by atoms with Crippen LogP contribution in [-0.4, -0.2) is 24.0 Å². The lowest BCUT2D eigenvalue weighted by atomic mass is 10.0. The number of para-hydroxylation sites is 1. The highest BCUT2D eigenvalue weighted by atomic mass is 19.1. The van der Waals surface area contributed by atoms with Crippen molar-refractivity contribution in [3.8, 4) is 22.6 Å². The van der Waals surface area contributed by atoms with Crippen LogP contribution >= 0.6 is 0 Å². The molecule has 3 aromatic rings. The lowest BCUT2D eigenvalue weighted by molar-refractivity contribution is -0.152. The Labute approximate surface area is 184 Å². The first-order valence-corrected chi connectivity index (χ1v) is 10.0. The van der Waals surface area contributed by atoms with E-state index in [0.29, 0.717) is 16.9 Å². The van der Waals surface area contributed by atoms with E-state index in [-0.39, 0.29) is 11.4 Å². The number of amides is 1. The number of nitrogens with zero attached hydrogens (tertiary/aromatic N) is 1. The second-order valence-corrected chi connectivity index (χ2v) is 8.39. The third-order valence-corrected chi connectivity index (χ3v) is 4.77. The number of carbonyl (C=O) groups excluding carboxylic acids is 2. The first-order chi connectivity index (χ1) is 15.1. The Balaban J connectivity index is 1.91. The number of carbonyl (C=O) groups is 2. The second-order valence-electron chi connectivity index (χ2n) is 8.39. The van der Waals surface area contributed by atoms with Gasteiger partial charge in [-0.05, 0) is 44.5 Å². The molecule has 0 atom stereocenters. The topological polar surface area (TPSA) is 55.8 Å². The van der Waals surface area contributed by atoms with Gasteiger partial charge in [-0.1, -0.05) is 30.3 Å². The predicted molar refractivity (Wildman–Crippen MR) is 116 cm³/mol. The van der Waals surface area contributed by atoms with Crippen molar-refractivity contribution in [1.29, 1.82) is 0 Å². The first-order valence-electron chi connectivity index (χ1n) is 10.0. The SMILES string of the molecule is CC(C)(C)OC(=O)CN1C(=O)c2c(F)cc(cc2F)Oc2ccccc2-c2cccc1c2. The molecule has 0 saturated carbocycles. The number of rotatable bonds is 2. The van der Waals surface area contributed by atoms with Gasteiger partial charge in [0.2, 0.25) is 0 Å². The quantitative estimate of drug-likeness (QED) is 0.481. The molecule has 0 aromatic heterocycles. The van der Waals surface area contributed by atoms with Crippen molar-refractivity contribution in [2.75, 3.05) is 11.4 Å². The Hall–Kier alpha value is -3.74. The van der Waals surface area contributed by atoms with Crippen molar-refractivity contribution in [1.82, 2.24) is 0 Å². The molecule has 164 valence electrons. The van der Waals surface area contributed by atoms with Crippen LogP contribution in [0.15, 0.2) is 60.7 Å². The summed E-state index contributed by atoms with van der Waals surface area (Å²) < 4.78 is 40.8. The molecule has 5 rings (SSSR count). The zero-order valence-corrected chi connectivity index (χ0v) is 17.8. The fraction of sp³-hybridized carbons (Fsp3) is 0.200. The molecule has 5 nitrogen and oxygen atoms in total. The predicted octanol–water partition coefficient (Wildman–Crippen LogP) is 5.73. The molecule has 0 aliphatic carbocycles. The highest BCUT2D eigenvalue weighted by Crippen LogP contribution is 2.37. The van der Waals surface area contributed by atoms with E-state index in [1.807, 2.05) is 6.07 Å². The third-order valence-electron chi connectivity index (χ3n) is 4.77. The van der Waals surface area contributed by atoms with Crippen molar-refractivity contribution >= 4 is 17.6 Å². The van der Waals surface area contributed by atoms with E-state index in [9.17, 15) is 18.4 Å². The van der Waals surface area contributed by atoms with Gasteiger partial charge in [0.25, 0.3) is 5.91 Å². The normalized spacial score (nSPS) is 13.0. The number of benzene rings is 3. The first kappa shape index (κ1) is 21.5. The minimum absolute atomic E-state index is 0.0839. The Kier molecular flexibility index (Phi) is 5.42. The maximum atomic E-state index is 14.9. The summed E-state index contributed by atoms with van der Waals surface area (Å²) in [7, 11) is 0. The summed E-state index contributed by atoms with van der Waals surface area (Å²) >= 11 is 0. The molecule has 2 heterocycles. The van der Waals surface area contributed by atoms with Crippen LogP contribution in [0.4, 0.5) is 14.5 Å². The zero-order chi connectivity index (χ0) is 23.0. The molecule has 0 unspecified atom stereocenters. The van der Waals surface area contributed by atoms with Gasteiger partial charge in [0.1, 0.15) is 40.8 Å². The summed E-state index contributed by atoms with van der Waals surface area (Å²) in [5.74, 6) is -3.57. The number of hydrogen-bond acceptors (Lipinski definition) is 4. The summed E-state index contributed by atoms with van der Waals surface area (Å²) in [4.78, 5) is 26.8. The summed E-state index contributed by atoms with van der Waals surface area (Å²) in [6.07, 6.45) is 0. The molecule has 2 aliphatic heterocycles. The van der Waals surface area contributed by atoms with Crippen molar-refractivity contribution < 1.29 is 27.8 Å². The molecule has 3 aromatic carbocycles. The van der Waals surface area contributed by atoms with Gasteiger partial charge >= 0.3 is 5.97 Å². The Bertz CT molecular complexity index is 1190. The van der Waals surface area contributed by atoms with E-state index in [2.05, 4.69) is 0 Å². The molecule has 0 saturated heterocycles. The molecule has 0 spiro atoms. The summed E-state index contributed by atoms with van der Waals surface area (Å²) in [6, 6.07) is 15.7. The molecule has 4 bridgehead atoms. The number of halogens is 2. The average molecular weight is 437 g/mol. The zero-order valence-electron chi connectivity index (χ0n) is 17.8. The monoisotopic (exact) mass is 437 g/mol. The lowest BCUT2D eigenvalue weighted by Gasteiger charge is -2.26. The fourth-order valence-electron chi connectivity index (χ4n) is 3.49. The maximum Gasteiger partial charge on any atom is 0.326 e. The second kappa shape index (κ2) is 8.07. The van der Waals surface area contributed by atoms with Gasteiger partial charge in [0.05, 0.1) is 0 Å². The molecule has 32 heavy (non-hydrogen) atoms. The van der Waals surface area contributed by atoms with Crippen LogP contribution in [0.2, 0.25) is 0 Å². The third kappa shape index (κ3) is 4.32. The van der Waals surface area contributed by atoms with Crippen molar-refractivity contribution in [2.45, 2.75) is 26.4 Å². The van der Waals surface area contributed by atoms with E-state index in [0.717, 1.165) is 17.0 Å². The van der Waals surface area contributed by atoms with Crippen LogP contribution in [-0.2, 0) is 9.53 Å². The van der Waals surface area contributed by atoms with E-state index >= 15 is 0 Å². The van der Waals surface area contributed by atoms with Gasteiger partial charge in [-0.3, -0.25) is 14.5 Å². The lowest BCUT2D eigenvalue weighted by Crippen LogP contribution is -2.39. The number of fused-ring (bicyclic) bond motifs is 3. The molecular weight excluding hydrogens is 416 g/mol. The Morgan fingerprint density at radius 2 is 1.69 bits per heavy atom. The minimum atomic E-state index is -1.09. The van der Waals surface area contributed by atoms with Gasteiger partial charge in [0.15, 0.2) is 0 Å². The van der Waals surface area contributed by atoms with Crippen molar-refractivity contribution in [2.24, 2.45) is 0 Å². The van der Waals surface area contributed by atoms with E-state index in [1.165, 1.54) is 0 Å². The van der Waals surface area contributed by atoms with Gasteiger partial charge < -0.3 is 9.47 Å². The van der Waals surface area contributed by atoms with Crippen LogP contribution in [0.5, 0.6) is 11.5 Å². The summed E-state index contributed by atoms with van der Waals surface area (Å²) in [6.45, 7) is 4.56. The Morgan fingerprint density at radius 3 is 2.38 bits per heavy atom. The van der Waals surface area contributed by atoms with Crippen LogP contribution in [0.3, 0.4) is 0 Å². The standard InChI is InChI=1S/C25H21F2NO4/c1-25(2,3)32-22(29)14-28-16-8-6-7-15(11-16)18-9-4-5-10-21(18)31-17-12-19(26)23(24(28)30)20(27)13-17/h4-13H,14H2,1-3H3. The molecule has 0 fully saturated rings. The van der Waals surface area contributed by atoms with Crippen LogP contribution in [0.25, 0.3) is 11.1 Å². The number of anilines is 1. The summed E-state index contributed by atoms with van der Waals surface area (Å²) in [5.41, 5.74) is 0.0837. The number of ether oxygens (including phenoxy) is 2. The van der Waals surface area contributed by atoms with Gasteiger partial charge in [0, 0.05) is 23.4 Å². The van der Waals surface area contributed by atoms with Crippen LogP contribution < -0.4 is 9.64 Å². The number of hydrogen-bond donors (Lipinski definition) is 0. The molecule has 1 amide bonds. The molecule has 7 heteroatoms. The number of esters is 1.